The molecule has 0 radical (unpaired) electrons. The summed E-state index contributed by atoms with van der Waals surface area (Å²) in [5, 5.41) is 0. The van der Waals surface area contributed by atoms with Gasteiger partial charge in [0.15, 0.2) is 0 Å². The Hall–Kier alpha value is -0.480. The molecule has 2 heteroatoms. The predicted molar refractivity (Wildman–Crippen MR) is 132 cm³/mol. The summed E-state index contributed by atoms with van der Waals surface area (Å²) in [6, 6.07) is 9.05. The molecule has 0 amide bonds. The van der Waals surface area contributed by atoms with Gasteiger partial charge in [-0.1, -0.05) is 42.3 Å². The maximum absolute atomic E-state index is 2.66. The average Bonchev–Trinajstić information content (AvgIpc) is 2.70. The average molecular weight is 482 g/mol. The number of rotatable bonds is 10. The third-order valence-electron chi connectivity index (χ3n) is 5.93. The number of alkyl halides is 1. The summed E-state index contributed by atoms with van der Waals surface area (Å²) in [6.45, 7) is 10.6. The monoisotopic (exact) mass is 481 g/mol. The molecule has 1 saturated carbocycles. The largest absolute Gasteiger partial charge is 0.304 e. The third kappa shape index (κ3) is 8.19. The van der Waals surface area contributed by atoms with Gasteiger partial charge in [-0.25, -0.2) is 0 Å². The zero-order valence-corrected chi connectivity index (χ0v) is 20.3. The van der Waals surface area contributed by atoms with Crippen molar-refractivity contribution in [1.82, 2.24) is 4.90 Å². The highest BCUT2D eigenvalue weighted by Gasteiger charge is 2.14. The Morgan fingerprint density at radius 1 is 1.00 bits per heavy atom. The lowest BCUT2D eigenvalue weighted by Crippen LogP contribution is -2.26. The highest BCUT2D eigenvalue weighted by molar-refractivity contribution is 14.2. The molecule has 1 aromatic rings. The molecule has 27 heavy (non-hydrogen) atoms. The van der Waals surface area contributed by atoms with E-state index >= 15 is 0 Å². The van der Waals surface area contributed by atoms with Crippen molar-refractivity contribution >= 4 is 24.2 Å². The molecule has 1 aromatic carbocycles. The maximum Gasteiger partial charge on any atom is -0.00158 e. The van der Waals surface area contributed by atoms with Crippen LogP contribution in [0.3, 0.4) is 0 Å². The Labute approximate surface area is 178 Å². The molecule has 0 saturated heterocycles. The van der Waals surface area contributed by atoms with E-state index in [4.69, 9.17) is 0 Å². The molecule has 2 rings (SSSR count). The molecule has 0 N–H and O–H groups in total. The van der Waals surface area contributed by atoms with Crippen molar-refractivity contribution in [2.75, 3.05) is 24.6 Å². The van der Waals surface area contributed by atoms with Crippen molar-refractivity contribution in [1.29, 1.82) is 0 Å². The van der Waals surface area contributed by atoms with Crippen molar-refractivity contribution in [2.24, 2.45) is 0 Å². The number of aryl methyl sites for hydroxylation is 2. The first-order valence-corrected chi connectivity index (χ1v) is 14.2. The smallest absolute Gasteiger partial charge is 0.00158 e. The van der Waals surface area contributed by atoms with Gasteiger partial charge in [0.05, 0.1) is 0 Å². The number of nitrogens with zero attached hydrogens (tertiary/aromatic N) is 1. The van der Waals surface area contributed by atoms with Crippen molar-refractivity contribution in [3.8, 4) is 0 Å². The number of hydrogen-bond acceptors (Lipinski definition) is 1. The summed E-state index contributed by atoms with van der Waals surface area (Å²) in [5.41, 5.74) is 6.35. The van der Waals surface area contributed by atoms with E-state index in [1.807, 2.05) is 3.51 Å². The van der Waals surface area contributed by atoms with E-state index in [0.717, 1.165) is 0 Å². The van der Waals surface area contributed by atoms with Crippen LogP contribution in [0.4, 0.5) is 0 Å². The van der Waals surface area contributed by atoms with Gasteiger partial charge in [0.25, 0.3) is 0 Å². The van der Waals surface area contributed by atoms with E-state index in [9.17, 15) is 0 Å². The second kappa shape index (κ2) is 12.9. The highest BCUT2D eigenvalue weighted by Crippen LogP contribution is 2.28. The molecule has 0 bridgehead atoms. The molecule has 0 aliphatic heterocycles. The van der Waals surface area contributed by atoms with Crippen LogP contribution in [0.1, 0.15) is 76.3 Å². The van der Waals surface area contributed by atoms with E-state index in [0.29, 0.717) is 20.7 Å². The fraction of sp³-hybridized carbons (Fsp3) is 0.640. The van der Waals surface area contributed by atoms with Gasteiger partial charge in [0, 0.05) is 0 Å². The zero-order chi connectivity index (χ0) is 19.5. The quantitative estimate of drug-likeness (QED) is 0.196. The second-order valence-corrected chi connectivity index (χ2v) is 10.4. The van der Waals surface area contributed by atoms with Gasteiger partial charge in [-0.05, 0) is 111 Å². The third-order valence-corrected chi connectivity index (χ3v) is 8.42. The summed E-state index contributed by atoms with van der Waals surface area (Å²) in [5.74, 6) is 0. The van der Waals surface area contributed by atoms with Crippen LogP contribution >= 0.6 is 20.7 Å². The van der Waals surface area contributed by atoms with Crippen molar-refractivity contribution in [3.63, 3.8) is 0 Å². The Balaban J connectivity index is 1.68. The first kappa shape index (κ1) is 22.8. The lowest BCUT2D eigenvalue weighted by Gasteiger charge is -2.22. The lowest BCUT2D eigenvalue weighted by atomic mass is 9.90. The van der Waals surface area contributed by atoms with Crippen LogP contribution in [0.5, 0.6) is 0 Å². The zero-order valence-electron chi connectivity index (χ0n) is 18.1. The van der Waals surface area contributed by atoms with Crippen LogP contribution in [0, 0.1) is 6.92 Å². The Morgan fingerprint density at radius 2 is 1.70 bits per heavy atom. The molecule has 1 fully saturated rings. The van der Waals surface area contributed by atoms with Gasteiger partial charge in [-0.3, -0.25) is 0 Å². The van der Waals surface area contributed by atoms with Crippen LogP contribution in [-0.4, -0.2) is 33.0 Å². The van der Waals surface area contributed by atoms with Gasteiger partial charge >= 0.3 is 0 Å². The molecule has 0 atom stereocenters. The predicted octanol–water partition coefficient (Wildman–Crippen LogP) is 7.08. The second-order valence-electron chi connectivity index (χ2n) is 8.04. The Kier molecular flexibility index (Phi) is 10.9. The molecule has 152 valence electrons. The SMILES string of the molecule is CCN(CCCCc1ccc(C)cc1)CCC/C(C)=C1\CCCCC1=IC. The fourth-order valence-electron chi connectivity index (χ4n) is 4.09. The number of benzene rings is 1. The molecule has 0 heterocycles. The summed E-state index contributed by atoms with van der Waals surface area (Å²) >= 11 is 0.297. The van der Waals surface area contributed by atoms with E-state index in [2.05, 4.69) is 54.9 Å². The topological polar surface area (TPSA) is 3.24 Å². The first-order valence-electron chi connectivity index (χ1n) is 11.0. The summed E-state index contributed by atoms with van der Waals surface area (Å²) in [4.78, 5) is 5.10. The first-order chi connectivity index (χ1) is 13.1. The lowest BCUT2D eigenvalue weighted by molar-refractivity contribution is 0.278. The van der Waals surface area contributed by atoms with Gasteiger partial charge < -0.3 is 4.90 Å². The van der Waals surface area contributed by atoms with Crippen LogP contribution in [-0.2, 0) is 6.42 Å². The van der Waals surface area contributed by atoms with E-state index in [1.165, 1.54) is 88.5 Å². The number of allylic oxidation sites excluding steroid dienone is 2. The van der Waals surface area contributed by atoms with Crippen molar-refractivity contribution < 1.29 is 0 Å². The van der Waals surface area contributed by atoms with E-state index in [-0.39, 0.29) is 0 Å². The van der Waals surface area contributed by atoms with Crippen LogP contribution in [0.2, 0.25) is 0 Å². The minimum Gasteiger partial charge on any atom is -0.304 e. The van der Waals surface area contributed by atoms with E-state index < -0.39 is 0 Å². The Bertz CT molecular complexity index is 612. The number of unbranched alkanes of at least 4 members (excludes halogenated alkanes) is 1. The van der Waals surface area contributed by atoms with Gasteiger partial charge in [0.1, 0.15) is 0 Å². The minimum atomic E-state index is 0.297. The summed E-state index contributed by atoms with van der Waals surface area (Å²) in [7, 11) is 0. The molecule has 1 aliphatic rings. The normalized spacial score (nSPS) is 18.6. The number of hydrogen-bond donors (Lipinski definition) is 0. The Morgan fingerprint density at radius 3 is 2.41 bits per heavy atom. The molecular formula is C25H40IN. The van der Waals surface area contributed by atoms with Gasteiger partial charge in [-0.15, -0.1) is 20.7 Å². The molecular weight excluding hydrogens is 441 g/mol. The van der Waals surface area contributed by atoms with Crippen molar-refractivity contribution in [3.05, 3.63) is 46.5 Å². The minimum absolute atomic E-state index is 0.297. The van der Waals surface area contributed by atoms with Crippen LogP contribution < -0.4 is 0 Å². The van der Waals surface area contributed by atoms with Crippen molar-refractivity contribution in [2.45, 2.75) is 78.6 Å². The van der Waals surface area contributed by atoms with Gasteiger partial charge in [0.2, 0.25) is 0 Å². The highest BCUT2D eigenvalue weighted by atomic mass is 127. The standard InChI is InChI=1S/C25H40IN/c1-5-27(19-9-8-12-23-17-15-21(2)16-18-23)20-10-11-22(3)24-13-6-7-14-25(24)26-4/h15-18H,5-14,19-20H2,1-4H3/b24-22+. The van der Waals surface area contributed by atoms with Crippen LogP contribution in [0.15, 0.2) is 35.4 Å². The van der Waals surface area contributed by atoms with Gasteiger partial charge in [-0.2, -0.15) is 0 Å². The molecule has 0 unspecified atom stereocenters. The molecule has 0 spiro atoms. The van der Waals surface area contributed by atoms with E-state index in [1.54, 1.807) is 11.1 Å². The summed E-state index contributed by atoms with van der Waals surface area (Å²) in [6.07, 6.45) is 12.1. The summed E-state index contributed by atoms with van der Waals surface area (Å²) < 4.78 is 1.86. The van der Waals surface area contributed by atoms with Crippen LogP contribution in [0.25, 0.3) is 0 Å². The number of halogens is 1. The fourth-order valence-corrected chi connectivity index (χ4v) is 6.39. The maximum atomic E-state index is 2.66. The molecule has 0 aromatic heterocycles. The molecule has 1 nitrogen and oxygen atoms in total. The molecule has 1 aliphatic carbocycles.